The SMILES string of the molecule is CCNC(CSCC)Cc1ccc(O)cc1. The normalized spacial score (nSPS) is 12.6. The van der Waals surface area contributed by atoms with Gasteiger partial charge in [-0.2, -0.15) is 11.8 Å². The standard InChI is InChI=1S/C13H21NOS/c1-3-14-12(10-16-4-2)9-11-5-7-13(15)8-6-11/h5-8,12,14-15H,3-4,9-10H2,1-2H3. The Hall–Kier alpha value is -0.670. The van der Waals surface area contributed by atoms with Crippen LogP contribution in [0.2, 0.25) is 0 Å². The van der Waals surface area contributed by atoms with Crippen LogP contribution in [0.3, 0.4) is 0 Å². The average molecular weight is 239 g/mol. The first-order valence-corrected chi connectivity index (χ1v) is 7.00. The van der Waals surface area contributed by atoms with E-state index < -0.39 is 0 Å². The van der Waals surface area contributed by atoms with Gasteiger partial charge in [-0.3, -0.25) is 0 Å². The molecule has 90 valence electrons. The molecule has 0 aliphatic heterocycles. The van der Waals surface area contributed by atoms with E-state index in [4.69, 9.17) is 0 Å². The summed E-state index contributed by atoms with van der Waals surface area (Å²) in [6.07, 6.45) is 1.03. The van der Waals surface area contributed by atoms with Crippen molar-refractivity contribution in [1.29, 1.82) is 0 Å². The van der Waals surface area contributed by atoms with Crippen molar-refractivity contribution in [3.05, 3.63) is 29.8 Å². The van der Waals surface area contributed by atoms with Gasteiger partial charge in [0.1, 0.15) is 5.75 Å². The highest BCUT2D eigenvalue weighted by Crippen LogP contribution is 2.13. The Bertz CT molecular complexity index is 286. The zero-order chi connectivity index (χ0) is 11.8. The number of benzene rings is 1. The number of nitrogens with one attached hydrogen (secondary N) is 1. The lowest BCUT2D eigenvalue weighted by atomic mass is 10.1. The highest BCUT2D eigenvalue weighted by molar-refractivity contribution is 7.99. The van der Waals surface area contributed by atoms with Crippen LogP contribution in [0, 0.1) is 0 Å². The van der Waals surface area contributed by atoms with E-state index in [1.54, 1.807) is 12.1 Å². The molecule has 0 saturated carbocycles. The van der Waals surface area contributed by atoms with Crippen LogP contribution in [-0.2, 0) is 6.42 Å². The fourth-order valence-corrected chi connectivity index (χ4v) is 2.41. The summed E-state index contributed by atoms with van der Waals surface area (Å²) in [6.45, 7) is 5.34. The van der Waals surface area contributed by atoms with Crippen molar-refractivity contribution in [2.75, 3.05) is 18.1 Å². The van der Waals surface area contributed by atoms with Gasteiger partial charge in [0.25, 0.3) is 0 Å². The van der Waals surface area contributed by atoms with Crippen LogP contribution in [0.15, 0.2) is 24.3 Å². The summed E-state index contributed by atoms with van der Waals surface area (Å²) in [7, 11) is 0. The molecular weight excluding hydrogens is 218 g/mol. The molecule has 1 aromatic rings. The van der Waals surface area contributed by atoms with Gasteiger partial charge in [0.05, 0.1) is 0 Å². The molecule has 1 unspecified atom stereocenters. The molecule has 2 nitrogen and oxygen atoms in total. The second-order valence-electron chi connectivity index (χ2n) is 3.78. The predicted octanol–water partition coefficient (Wildman–Crippen LogP) is 2.67. The summed E-state index contributed by atoms with van der Waals surface area (Å²) < 4.78 is 0. The number of phenols is 1. The molecule has 1 rings (SSSR count). The number of thioether (sulfide) groups is 1. The molecule has 0 aliphatic carbocycles. The largest absolute Gasteiger partial charge is 0.508 e. The molecule has 2 N–H and O–H groups in total. The molecule has 0 bridgehead atoms. The second-order valence-corrected chi connectivity index (χ2v) is 5.10. The lowest BCUT2D eigenvalue weighted by Crippen LogP contribution is -2.33. The third-order valence-corrected chi connectivity index (χ3v) is 3.48. The van der Waals surface area contributed by atoms with Crippen LogP contribution >= 0.6 is 11.8 Å². The van der Waals surface area contributed by atoms with Gasteiger partial charge in [-0.05, 0) is 36.4 Å². The van der Waals surface area contributed by atoms with Crippen LogP contribution in [0.5, 0.6) is 5.75 Å². The van der Waals surface area contributed by atoms with Gasteiger partial charge >= 0.3 is 0 Å². The van der Waals surface area contributed by atoms with Crippen LogP contribution in [0.4, 0.5) is 0 Å². The maximum atomic E-state index is 9.22. The summed E-state index contributed by atoms with van der Waals surface area (Å²) in [5.74, 6) is 2.65. The lowest BCUT2D eigenvalue weighted by Gasteiger charge is -2.17. The first-order valence-electron chi connectivity index (χ1n) is 5.85. The van der Waals surface area contributed by atoms with Crippen molar-refractivity contribution in [3.63, 3.8) is 0 Å². The average Bonchev–Trinajstić information content (AvgIpc) is 2.29. The minimum Gasteiger partial charge on any atom is -0.508 e. The Morgan fingerprint density at radius 1 is 1.25 bits per heavy atom. The van der Waals surface area contributed by atoms with Crippen molar-refractivity contribution in [2.24, 2.45) is 0 Å². The van der Waals surface area contributed by atoms with Crippen LogP contribution < -0.4 is 5.32 Å². The van der Waals surface area contributed by atoms with Crippen LogP contribution in [-0.4, -0.2) is 29.2 Å². The number of aromatic hydroxyl groups is 1. The van der Waals surface area contributed by atoms with Gasteiger partial charge in [0.15, 0.2) is 0 Å². The second kappa shape index (κ2) is 7.58. The van der Waals surface area contributed by atoms with Crippen molar-refractivity contribution in [3.8, 4) is 5.75 Å². The Balaban J connectivity index is 2.49. The third-order valence-electron chi connectivity index (χ3n) is 2.43. The molecule has 3 heteroatoms. The third kappa shape index (κ3) is 4.90. The molecule has 0 aromatic heterocycles. The summed E-state index contributed by atoms with van der Waals surface area (Å²) >= 11 is 1.97. The minimum absolute atomic E-state index is 0.340. The van der Waals surface area contributed by atoms with Gasteiger partial charge in [0, 0.05) is 11.8 Å². The van der Waals surface area contributed by atoms with Gasteiger partial charge in [-0.15, -0.1) is 0 Å². The summed E-state index contributed by atoms with van der Waals surface area (Å²) in [5, 5.41) is 12.7. The van der Waals surface area contributed by atoms with E-state index in [1.165, 1.54) is 5.56 Å². The van der Waals surface area contributed by atoms with E-state index in [0.29, 0.717) is 11.8 Å². The van der Waals surface area contributed by atoms with Gasteiger partial charge in [-0.1, -0.05) is 26.0 Å². The fraction of sp³-hybridized carbons (Fsp3) is 0.538. The predicted molar refractivity (Wildman–Crippen MR) is 72.3 cm³/mol. The van der Waals surface area contributed by atoms with E-state index in [0.717, 1.165) is 24.5 Å². The molecule has 16 heavy (non-hydrogen) atoms. The number of hydrogen-bond donors (Lipinski definition) is 2. The summed E-state index contributed by atoms with van der Waals surface area (Å²) in [6, 6.07) is 8.03. The number of hydrogen-bond acceptors (Lipinski definition) is 3. The molecule has 1 atom stereocenters. The van der Waals surface area contributed by atoms with Gasteiger partial charge in [0.2, 0.25) is 0 Å². The maximum Gasteiger partial charge on any atom is 0.115 e. The number of likely N-dealkylation sites (N-methyl/N-ethyl adjacent to an activating group) is 1. The van der Waals surface area contributed by atoms with E-state index in [1.807, 2.05) is 23.9 Å². The molecule has 0 aliphatic rings. The van der Waals surface area contributed by atoms with E-state index in [2.05, 4.69) is 19.2 Å². The van der Waals surface area contributed by atoms with Gasteiger partial charge in [-0.25, -0.2) is 0 Å². The topological polar surface area (TPSA) is 32.3 Å². The fourth-order valence-electron chi connectivity index (χ4n) is 1.66. The first kappa shape index (κ1) is 13.4. The Morgan fingerprint density at radius 2 is 1.94 bits per heavy atom. The van der Waals surface area contributed by atoms with Crippen molar-refractivity contribution in [2.45, 2.75) is 26.3 Å². The number of phenolic OH excluding ortho intramolecular Hbond substituents is 1. The zero-order valence-electron chi connectivity index (χ0n) is 10.1. The Morgan fingerprint density at radius 3 is 2.50 bits per heavy atom. The summed E-state index contributed by atoms with van der Waals surface area (Å²) in [4.78, 5) is 0. The molecule has 0 heterocycles. The van der Waals surface area contributed by atoms with Crippen molar-refractivity contribution < 1.29 is 5.11 Å². The Labute approximate surface area is 102 Å². The van der Waals surface area contributed by atoms with Crippen molar-refractivity contribution in [1.82, 2.24) is 5.32 Å². The molecule has 1 aromatic carbocycles. The minimum atomic E-state index is 0.340. The molecule has 0 radical (unpaired) electrons. The Kier molecular flexibility index (Phi) is 6.34. The lowest BCUT2D eigenvalue weighted by molar-refractivity contribution is 0.474. The molecule has 0 fully saturated rings. The van der Waals surface area contributed by atoms with E-state index in [-0.39, 0.29) is 0 Å². The zero-order valence-corrected chi connectivity index (χ0v) is 10.9. The molecular formula is C13H21NOS. The highest BCUT2D eigenvalue weighted by atomic mass is 32.2. The summed E-state index contributed by atoms with van der Waals surface area (Å²) in [5.41, 5.74) is 1.28. The smallest absolute Gasteiger partial charge is 0.115 e. The van der Waals surface area contributed by atoms with Crippen molar-refractivity contribution >= 4 is 11.8 Å². The number of rotatable bonds is 7. The van der Waals surface area contributed by atoms with E-state index in [9.17, 15) is 5.11 Å². The molecule has 0 saturated heterocycles. The van der Waals surface area contributed by atoms with E-state index >= 15 is 0 Å². The van der Waals surface area contributed by atoms with Crippen LogP contribution in [0.25, 0.3) is 0 Å². The maximum absolute atomic E-state index is 9.22. The monoisotopic (exact) mass is 239 g/mol. The highest BCUT2D eigenvalue weighted by Gasteiger charge is 2.07. The van der Waals surface area contributed by atoms with Crippen LogP contribution in [0.1, 0.15) is 19.4 Å². The molecule has 0 amide bonds. The van der Waals surface area contributed by atoms with Gasteiger partial charge < -0.3 is 10.4 Å². The molecule has 0 spiro atoms. The first-order chi connectivity index (χ1) is 7.76. The quantitative estimate of drug-likeness (QED) is 0.767.